The molecule has 0 aromatic carbocycles. The highest BCUT2D eigenvalue weighted by Crippen LogP contribution is 2.09. The van der Waals surface area contributed by atoms with Crippen molar-refractivity contribution in [3.05, 3.63) is 53.6 Å². The molecular formula is C18H26N4O. The Bertz CT molecular complexity index is 650. The lowest BCUT2D eigenvalue weighted by Gasteiger charge is -2.25. The van der Waals surface area contributed by atoms with Gasteiger partial charge in [0, 0.05) is 63.3 Å². The van der Waals surface area contributed by atoms with E-state index in [0.717, 1.165) is 24.1 Å². The largest absolute Gasteiger partial charge is 0.354 e. The highest BCUT2D eigenvalue weighted by molar-refractivity contribution is 5.74. The summed E-state index contributed by atoms with van der Waals surface area (Å²) in [5, 5.41) is 2.98. The minimum Gasteiger partial charge on any atom is -0.354 e. The molecule has 0 fully saturated rings. The normalized spacial score (nSPS) is 12.0. The first kappa shape index (κ1) is 17.1. The van der Waals surface area contributed by atoms with Crippen LogP contribution in [0.4, 0.5) is 4.79 Å². The number of nitrogens with zero attached hydrogens (tertiary/aromatic N) is 3. The van der Waals surface area contributed by atoms with Crippen molar-refractivity contribution in [2.45, 2.75) is 32.7 Å². The molecule has 2 heterocycles. The Labute approximate surface area is 138 Å². The standard InChI is InChI=1S/C18H26N4O/c1-14-7-5-10-19-17(14)13-15(2)22(4)18(23)20-11-9-16-8-6-12-21(16)3/h5-8,10,12,15H,9,11,13H2,1-4H3,(H,20,23)/t15-/m0/s1. The molecule has 0 radical (unpaired) electrons. The Balaban J connectivity index is 1.81. The highest BCUT2D eigenvalue weighted by Gasteiger charge is 2.17. The van der Waals surface area contributed by atoms with E-state index >= 15 is 0 Å². The van der Waals surface area contributed by atoms with E-state index in [4.69, 9.17) is 0 Å². The smallest absolute Gasteiger partial charge is 0.317 e. The number of carbonyl (C=O) groups excluding carboxylic acids is 1. The van der Waals surface area contributed by atoms with Crippen molar-refractivity contribution < 1.29 is 4.79 Å². The zero-order chi connectivity index (χ0) is 16.8. The lowest BCUT2D eigenvalue weighted by atomic mass is 10.1. The van der Waals surface area contributed by atoms with Crippen LogP contribution >= 0.6 is 0 Å². The summed E-state index contributed by atoms with van der Waals surface area (Å²) in [7, 11) is 3.85. The van der Waals surface area contributed by atoms with Gasteiger partial charge in [0.15, 0.2) is 0 Å². The van der Waals surface area contributed by atoms with E-state index in [1.807, 2.05) is 39.3 Å². The Morgan fingerprint density at radius 1 is 1.39 bits per heavy atom. The number of hydrogen-bond acceptors (Lipinski definition) is 2. The van der Waals surface area contributed by atoms with E-state index in [2.05, 4.69) is 33.9 Å². The van der Waals surface area contributed by atoms with Gasteiger partial charge in [-0.1, -0.05) is 6.07 Å². The van der Waals surface area contributed by atoms with Gasteiger partial charge in [0.05, 0.1) is 0 Å². The number of rotatable bonds is 6. The third kappa shape index (κ3) is 4.58. The van der Waals surface area contributed by atoms with Gasteiger partial charge in [0.25, 0.3) is 0 Å². The van der Waals surface area contributed by atoms with Gasteiger partial charge in [-0.25, -0.2) is 4.79 Å². The van der Waals surface area contributed by atoms with Crippen LogP contribution in [0, 0.1) is 6.92 Å². The molecule has 2 aromatic rings. The quantitative estimate of drug-likeness (QED) is 0.891. The second-order valence-electron chi connectivity index (χ2n) is 6.02. The molecule has 2 amide bonds. The number of aryl methyl sites for hydroxylation is 2. The summed E-state index contributed by atoms with van der Waals surface area (Å²) in [4.78, 5) is 18.4. The van der Waals surface area contributed by atoms with Gasteiger partial charge in [-0.05, 0) is 37.6 Å². The number of amides is 2. The van der Waals surface area contributed by atoms with Crippen LogP contribution in [0.3, 0.4) is 0 Å². The van der Waals surface area contributed by atoms with Crippen LogP contribution in [0.1, 0.15) is 23.9 Å². The summed E-state index contributed by atoms with van der Waals surface area (Å²) in [5.74, 6) is 0. The number of nitrogens with one attached hydrogen (secondary N) is 1. The SMILES string of the molecule is Cc1cccnc1C[C@H](C)N(C)C(=O)NCCc1cccn1C. The van der Waals surface area contributed by atoms with Crippen LogP contribution in [0.5, 0.6) is 0 Å². The van der Waals surface area contributed by atoms with Gasteiger partial charge in [0.1, 0.15) is 0 Å². The zero-order valence-electron chi connectivity index (χ0n) is 14.4. The van der Waals surface area contributed by atoms with Gasteiger partial charge in [0.2, 0.25) is 0 Å². The average molecular weight is 314 g/mol. The highest BCUT2D eigenvalue weighted by atomic mass is 16.2. The molecule has 124 valence electrons. The van der Waals surface area contributed by atoms with Gasteiger partial charge >= 0.3 is 6.03 Å². The Kier molecular flexibility index (Phi) is 5.79. The molecule has 23 heavy (non-hydrogen) atoms. The number of hydrogen-bond donors (Lipinski definition) is 1. The lowest BCUT2D eigenvalue weighted by Crippen LogP contribution is -2.44. The predicted molar refractivity (Wildman–Crippen MR) is 92.4 cm³/mol. The molecule has 2 rings (SSSR count). The Morgan fingerprint density at radius 2 is 2.17 bits per heavy atom. The molecular weight excluding hydrogens is 288 g/mol. The third-order valence-corrected chi connectivity index (χ3v) is 4.30. The van der Waals surface area contributed by atoms with Crippen molar-refractivity contribution in [1.82, 2.24) is 19.8 Å². The molecule has 5 nitrogen and oxygen atoms in total. The fourth-order valence-corrected chi connectivity index (χ4v) is 2.53. The van der Waals surface area contributed by atoms with Crippen molar-refractivity contribution in [3.63, 3.8) is 0 Å². The van der Waals surface area contributed by atoms with Gasteiger partial charge in [-0.2, -0.15) is 0 Å². The number of likely N-dealkylation sites (N-methyl/N-ethyl adjacent to an activating group) is 1. The molecule has 5 heteroatoms. The number of pyridine rings is 1. The zero-order valence-corrected chi connectivity index (χ0v) is 14.4. The van der Waals surface area contributed by atoms with Crippen molar-refractivity contribution >= 4 is 6.03 Å². The molecule has 0 saturated carbocycles. The van der Waals surface area contributed by atoms with E-state index in [9.17, 15) is 4.79 Å². The molecule has 0 aliphatic heterocycles. The maximum absolute atomic E-state index is 12.3. The number of aromatic nitrogens is 2. The van der Waals surface area contributed by atoms with Crippen LogP contribution in [-0.4, -0.2) is 40.1 Å². The molecule has 1 atom stereocenters. The Morgan fingerprint density at radius 3 is 2.83 bits per heavy atom. The average Bonchev–Trinajstić information content (AvgIpc) is 2.94. The minimum atomic E-state index is -0.0414. The predicted octanol–water partition coefficient (Wildman–Crippen LogP) is 2.54. The minimum absolute atomic E-state index is 0.0414. The van der Waals surface area contributed by atoms with E-state index in [-0.39, 0.29) is 12.1 Å². The number of urea groups is 1. The van der Waals surface area contributed by atoms with Crippen LogP contribution in [0.2, 0.25) is 0 Å². The summed E-state index contributed by atoms with van der Waals surface area (Å²) in [6.07, 6.45) is 5.40. The first-order valence-corrected chi connectivity index (χ1v) is 8.00. The molecule has 0 saturated heterocycles. The summed E-state index contributed by atoms with van der Waals surface area (Å²) in [6.45, 7) is 4.73. The monoisotopic (exact) mass is 314 g/mol. The molecule has 0 spiro atoms. The second-order valence-corrected chi connectivity index (χ2v) is 6.02. The topological polar surface area (TPSA) is 50.2 Å². The van der Waals surface area contributed by atoms with Crippen molar-refractivity contribution in [2.24, 2.45) is 7.05 Å². The Hall–Kier alpha value is -2.30. The second kappa shape index (κ2) is 7.81. The number of carbonyl (C=O) groups is 1. The van der Waals surface area contributed by atoms with E-state index in [0.29, 0.717) is 6.54 Å². The van der Waals surface area contributed by atoms with Gasteiger partial charge in [-0.15, -0.1) is 0 Å². The first-order valence-electron chi connectivity index (χ1n) is 8.00. The van der Waals surface area contributed by atoms with Crippen LogP contribution in [0.15, 0.2) is 36.7 Å². The van der Waals surface area contributed by atoms with Crippen LogP contribution in [-0.2, 0) is 19.9 Å². The molecule has 0 unspecified atom stereocenters. The van der Waals surface area contributed by atoms with E-state index in [1.54, 1.807) is 11.1 Å². The molecule has 1 N–H and O–H groups in total. The third-order valence-electron chi connectivity index (χ3n) is 4.30. The van der Waals surface area contributed by atoms with E-state index in [1.165, 1.54) is 5.69 Å². The summed E-state index contributed by atoms with van der Waals surface area (Å²) in [5.41, 5.74) is 3.42. The van der Waals surface area contributed by atoms with Crippen molar-refractivity contribution in [2.75, 3.05) is 13.6 Å². The van der Waals surface area contributed by atoms with Gasteiger partial charge < -0.3 is 14.8 Å². The van der Waals surface area contributed by atoms with E-state index < -0.39 is 0 Å². The molecule has 2 aromatic heterocycles. The fourth-order valence-electron chi connectivity index (χ4n) is 2.53. The summed E-state index contributed by atoms with van der Waals surface area (Å²) in [6, 6.07) is 8.13. The maximum Gasteiger partial charge on any atom is 0.317 e. The van der Waals surface area contributed by atoms with Crippen molar-refractivity contribution in [3.8, 4) is 0 Å². The fraction of sp³-hybridized carbons (Fsp3) is 0.444. The first-order chi connectivity index (χ1) is 11.0. The maximum atomic E-state index is 12.3. The van der Waals surface area contributed by atoms with Crippen LogP contribution < -0.4 is 5.32 Å². The molecule has 0 aliphatic rings. The molecule has 0 bridgehead atoms. The van der Waals surface area contributed by atoms with Crippen LogP contribution in [0.25, 0.3) is 0 Å². The molecule has 0 aliphatic carbocycles. The van der Waals surface area contributed by atoms with Gasteiger partial charge in [-0.3, -0.25) is 4.98 Å². The summed E-state index contributed by atoms with van der Waals surface area (Å²) >= 11 is 0. The lowest BCUT2D eigenvalue weighted by molar-refractivity contribution is 0.193. The van der Waals surface area contributed by atoms with Crippen molar-refractivity contribution in [1.29, 1.82) is 0 Å². The summed E-state index contributed by atoms with van der Waals surface area (Å²) < 4.78 is 2.07.